The lowest BCUT2D eigenvalue weighted by Crippen LogP contribution is -2.15. The van der Waals surface area contributed by atoms with Crippen molar-refractivity contribution in [3.05, 3.63) is 41.5 Å². The van der Waals surface area contributed by atoms with Gasteiger partial charge < -0.3 is 10.2 Å². The van der Waals surface area contributed by atoms with Gasteiger partial charge in [-0.15, -0.1) is 0 Å². The summed E-state index contributed by atoms with van der Waals surface area (Å²) in [4.78, 5) is 15.1. The smallest absolute Gasteiger partial charge is 0.225 e. The highest BCUT2D eigenvalue weighted by molar-refractivity contribution is 5.44. The highest BCUT2D eigenvalue weighted by Crippen LogP contribution is 2.17. The van der Waals surface area contributed by atoms with Crippen LogP contribution in [0.25, 0.3) is 0 Å². The highest BCUT2D eigenvalue weighted by Gasteiger charge is 2.05. The Morgan fingerprint density at radius 3 is 2.57 bits per heavy atom. The molecule has 0 aliphatic heterocycles. The van der Waals surface area contributed by atoms with Gasteiger partial charge in [0, 0.05) is 32.2 Å². The number of pyridine rings is 1. The normalized spacial score (nSPS) is 10.8. The molecule has 0 bridgehead atoms. The van der Waals surface area contributed by atoms with Crippen molar-refractivity contribution in [1.82, 2.24) is 15.0 Å². The lowest BCUT2D eigenvalue weighted by atomic mass is 10.1. The average molecular weight is 285 g/mol. The van der Waals surface area contributed by atoms with Crippen LogP contribution in [0.5, 0.6) is 0 Å². The molecule has 0 fully saturated rings. The van der Waals surface area contributed by atoms with Gasteiger partial charge in [0.25, 0.3) is 0 Å². The minimum absolute atomic E-state index is 0.473. The van der Waals surface area contributed by atoms with Crippen LogP contribution in [0.15, 0.2) is 24.5 Å². The molecule has 0 amide bonds. The van der Waals surface area contributed by atoms with Crippen molar-refractivity contribution >= 4 is 11.6 Å². The van der Waals surface area contributed by atoms with Crippen molar-refractivity contribution in [3.8, 4) is 0 Å². The van der Waals surface area contributed by atoms with Gasteiger partial charge in [0.15, 0.2) is 0 Å². The molecule has 1 N–H and O–H groups in total. The Balaban J connectivity index is 2.11. The Morgan fingerprint density at radius 2 is 1.90 bits per heavy atom. The van der Waals surface area contributed by atoms with Crippen LogP contribution in [0.4, 0.5) is 11.6 Å². The fourth-order valence-electron chi connectivity index (χ4n) is 1.97. The highest BCUT2D eigenvalue weighted by atomic mass is 15.2. The Kier molecular flexibility index (Phi) is 4.73. The largest absolute Gasteiger partial charge is 0.378 e. The van der Waals surface area contributed by atoms with E-state index < -0.39 is 0 Å². The van der Waals surface area contributed by atoms with Crippen LogP contribution in [0, 0.1) is 6.92 Å². The number of aryl methyl sites for hydroxylation is 1. The lowest BCUT2D eigenvalue weighted by Gasteiger charge is -2.13. The van der Waals surface area contributed by atoms with Crippen LogP contribution in [0.3, 0.4) is 0 Å². The minimum atomic E-state index is 0.473. The van der Waals surface area contributed by atoms with E-state index in [1.165, 1.54) is 5.56 Å². The third-order valence-corrected chi connectivity index (χ3v) is 3.20. The molecule has 0 spiro atoms. The zero-order valence-electron chi connectivity index (χ0n) is 13.4. The first kappa shape index (κ1) is 15.2. The number of rotatable bonds is 5. The van der Waals surface area contributed by atoms with Crippen molar-refractivity contribution in [2.45, 2.75) is 33.2 Å². The third kappa shape index (κ3) is 4.15. The molecule has 0 aromatic carbocycles. The second kappa shape index (κ2) is 6.52. The quantitative estimate of drug-likeness (QED) is 0.915. The predicted octanol–water partition coefficient (Wildman–Crippen LogP) is 2.98. The van der Waals surface area contributed by atoms with E-state index in [1.807, 2.05) is 44.4 Å². The van der Waals surface area contributed by atoms with E-state index in [2.05, 4.69) is 40.2 Å². The molecule has 2 aromatic heterocycles. The van der Waals surface area contributed by atoms with Gasteiger partial charge in [0.1, 0.15) is 0 Å². The second-order valence-electron chi connectivity index (χ2n) is 5.71. The molecule has 2 rings (SSSR count). The molecule has 0 saturated carbocycles. The number of hydrogen-bond donors (Lipinski definition) is 1. The summed E-state index contributed by atoms with van der Waals surface area (Å²) in [6.07, 6.45) is 3.75. The first-order valence-corrected chi connectivity index (χ1v) is 7.16. The molecule has 5 nitrogen and oxygen atoms in total. The van der Waals surface area contributed by atoms with Gasteiger partial charge in [-0.2, -0.15) is 0 Å². The van der Waals surface area contributed by atoms with E-state index >= 15 is 0 Å². The molecule has 5 heteroatoms. The molecule has 0 saturated heterocycles. The van der Waals surface area contributed by atoms with Crippen molar-refractivity contribution < 1.29 is 0 Å². The third-order valence-electron chi connectivity index (χ3n) is 3.20. The SMILES string of the molecule is Cc1cc(CNc2cncc(C(C)C)c2)nc(N(C)C)n1. The van der Waals surface area contributed by atoms with E-state index in [0.717, 1.165) is 23.0 Å². The van der Waals surface area contributed by atoms with Gasteiger partial charge in [-0.05, 0) is 30.5 Å². The van der Waals surface area contributed by atoms with Crippen LogP contribution in [-0.2, 0) is 6.54 Å². The molecule has 2 aromatic rings. The summed E-state index contributed by atoms with van der Waals surface area (Å²) >= 11 is 0. The Bertz CT molecular complexity index is 607. The summed E-state index contributed by atoms with van der Waals surface area (Å²) in [5.74, 6) is 1.21. The Morgan fingerprint density at radius 1 is 1.14 bits per heavy atom. The van der Waals surface area contributed by atoms with Crippen LogP contribution < -0.4 is 10.2 Å². The van der Waals surface area contributed by atoms with E-state index in [-0.39, 0.29) is 0 Å². The van der Waals surface area contributed by atoms with E-state index in [1.54, 1.807) is 0 Å². The molecule has 0 radical (unpaired) electrons. The van der Waals surface area contributed by atoms with Crippen LogP contribution in [0.2, 0.25) is 0 Å². The predicted molar refractivity (Wildman–Crippen MR) is 86.7 cm³/mol. The minimum Gasteiger partial charge on any atom is -0.378 e. The number of aromatic nitrogens is 3. The molecule has 0 aliphatic rings. The number of anilines is 2. The van der Waals surface area contributed by atoms with Gasteiger partial charge >= 0.3 is 0 Å². The second-order valence-corrected chi connectivity index (χ2v) is 5.71. The topological polar surface area (TPSA) is 53.9 Å². The van der Waals surface area contributed by atoms with Gasteiger partial charge in [-0.25, -0.2) is 9.97 Å². The summed E-state index contributed by atoms with van der Waals surface area (Å²) in [6, 6.07) is 4.14. The maximum Gasteiger partial charge on any atom is 0.225 e. The first-order chi connectivity index (χ1) is 9.95. The van der Waals surface area contributed by atoms with E-state index in [9.17, 15) is 0 Å². The summed E-state index contributed by atoms with van der Waals surface area (Å²) in [5.41, 5.74) is 4.19. The zero-order valence-corrected chi connectivity index (χ0v) is 13.4. The monoisotopic (exact) mass is 285 g/mol. The maximum atomic E-state index is 4.54. The molecule has 0 aliphatic carbocycles. The van der Waals surface area contributed by atoms with Gasteiger partial charge in [-0.3, -0.25) is 4.98 Å². The summed E-state index contributed by atoms with van der Waals surface area (Å²) in [5, 5.41) is 3.38. The van der Waals surface area contributed by atoms with E-state index in [4.69, 9.17) is 0 Å². The molecule has 2 heterocycles. The van der Waals surface area contributed by atoms with Crippen molar-refractivity contribution in [2.24, 2.45) is 0 Å². The number of nitrogens with one attached hydrogen (secondary N) is 1. The first-order valence-electron chi connectivity index (χ1n) is 7.16. The molecular weight excluding hydrogens is 262 g/mol. The number of hydrogen-bond acceptors (Lipinski definition) is 5. The van der Waals surface area contributed by atoms with Crippen molar-refractivity contribution in [3.63, 3.8) is 0 Å². The molecule has 112 valence electrons. The lowest BCUT2D eigenvalue weighted by molar-refractivity contribution is 0.857. The summed E-state index contributed by atoms with van der Waals surface area (Å²) in [7, 11) is 3.89. The average Bonchev–Trinajstić information content (AvgIpc) is 2.45. The molecule has 0 unspecified atom stereocenters. The van der Waals surface area contributed by atoms with Gasteiger partial charge in [-0.1, -0.05) is 13.8 Å². The Hall–Kier alpha value is -2.17. The molecule has 0 atom stereocenters. The Labute approximate surface area is 126 Å². The summed E-state index contributed by atoms with van der Waals surface area (Å²) < 4.78 is 0. The van der Waals surface area contributed by atoms with Gasteiger partial charge in [0.2, 0.25) is 5.95 Å². The van der Waals surface area contributed by atoms with Gasteiger partial charge in [0.05, 0.1) is 17.9 Å². The fraction of sp³-hybridized carbons (Fsp3) is 0.438. The standard InChI is InChI=1S/C16H23N5/c1-11(2)13-7-14(9-17-8-13)18-10-15-6-12(3)19-16(20-15)21(4)5/h6-9,11,18H,10H2,1-5H3. The molecular formula is C16H23N5. The van der Waals surface area contributed by atoms with Crippen LogP contribution in [0.1, 0.15) is 36.7 Å². The van der Waals surface area contributed by atoms with Crippen LogP contribution in [-0.4, -0.2) is 29.0 Å². The number of nitrogens with zero attached hydrogens (tertiary/aromatic N) is 4. The molecule has 21 heavy (non-hydrogen) atoms. The maximum absolute atomic E-state index is 4.54. The van der Waals surface area contributed by atoms with E-state index in [0.29, 0.717) is 12.5 Å². The van der Waals surface area contributed by atoms with Crippen molar-refractivity contribution in [2.75, 3.05) is 24.3 Å². The zero-order chi connectivity index (χ0) is 15.4. The van der Waals surface area contributed by atoms with Crippen molar-refractivity contribution in [1.29, 1.82) is 0 Å². The van der Waals surface area contributed by atoms with Crippen LogP contribution >= 0.6 is 0 Å². The summed E-state index contributed by atoms with van der Waals surface area (Å²) in [6.45, 7) is 6.97. The fourth-order valence-corrected chi connectivity index (χ4v) is 1.97.